The van der Waals surface area contributed by atoms with Crippen molar-refractivity contribution >= 4 is 22.0 Å². The lowest BCUT2D eigenvalue weighted by atomic mass is 9.91. The Bertz CT molecular complexity index is 982. The lowest BCUT2D eigenvalue weighted by Gasteiger charge is -2.28. The lowest BCUT2D eigenvalue weighted by Crippen LogP contribution is -2.49. The van der Waals surface area contributed by atoms with Crippen LogP contribution >= 0.6 is 0 Å². The Morgan fingerprint density at radius 3 is 2.70 bits per heavy atom. The highest BCUT2D eigenvalue weighted by Crippen LogP contribution is 2.29. The zero-order valence-corrected chi connectivity index (χ0v) is 20.0. The van der Waals surface area contributed by atoms with Crippen molar-refractivity contribution in [3.63, 3.8) is 0 Å². The maximum absolute atomic E-state index is 14.1. The van der Waals surface area contributed by atoms with Gasteiger partial charge in [-0.15, -0.1) is 0 Å². The number of amides is 3. The molecule has 0 bridgehead atoms. The quantitative estimate of drug-likeness (QED) is 0.388. The van der Waals surface area contributed by atoms with E-state index in [2.05, 4.69) is 10.0 Å². The Morgan fingerprint density at radius 1 is 1.33 bits per heavy atom. The average Bonchev–Trinajstić information content (AvgIpc) is 2.75. The third-order valence-electron chi connectivity index (χ3n) is 5.16. The number of urea groups is 1. The Balaban J connectivity index is 1.96. The summed E-state index contributed by atoms with van der Waals surface area (Å²) in [7, 11) is -3.77. The topological polar surface area (TPSA) is 125 Å². The van der Waals surface area contributed by atoms with E-state index in [9.17, 15) is 27.5 Å². The molecule has 1 heterocycles. The molecule has 1 fully saturated rings. The van der Waals surface area contributed by atoms with Gasteiger partial charge in [-0.25, -0.2) is 22.3 Å². The lowest BCUT2D eigenvalue weighted by molar-refractivity contribution is -0.121. The number of aliphatic hydroxyl groups is 1. The number of hydrogen-bond donors (Lipinski definition) is 3. The van der Waals surface area contributed by atoms with Gasteiger partial charge in [0.1, 0.15) is 5.60 Å². The van der Waals surface area contributed by atoms with Gasteiger partial charge >= 0.3 is 6.03 Å². The van der Waals surface area contributed by atoms with Gasteiger partial charge in [-0.3, -0.25) is 10.1 Å². The number of nitrogens with one attached hydrogen (secondary N) is 2. The molecule has 0 aliphatic carbocycles. The van der Waals surface area contributed by atoms with E-state index in [4.69, 9.17) is 4.74 Å². The van der Waals surface area contributed by atoms with E-state index in [0.717, 1.165) is 0 Å². The molecule has 3 amide bonds. The van der Waals surface area contributed by atoms with Crippen LogP contribution in [-0.2, 0) is 20.4 Å². The van der Waals surface area contributed by atoms with Gasteiger partial charge < -0.3 is 14.7 Å². The first-order valence-electron chi connectivity index (χ1n) is 10.8. The molecule has 0 spiro atoms. The summed E-state index contributed by atoms with van der Waals surface area (Å²) in [6.07, 6.45) is 3.30. The van der Waals surface area contributed by atoms with Gasteiger partial charge in [-0.2, -0.15) is 0 Å². The molecule has 0 aromatic heterocycles. The predicted octanol–water partition coefficient (Wildman–Crippen LogP) is 1.88. The van der Waals surface area contributed by atoms with Crippen molar-refractivity contribution in [2.24, 2.45) is 5.92 Å². The van der Waals surface area contributed by atoms with Gasteiger partial charge in [-0.1, -0.05) is 39.0 Å². The van der Waals surface area contributed by atoms with Crippen LogP contribution in [0.1, 0.15) is 39.2 Å². The highest BCUT2D eigenvalue weighted by Gasteiger charge is 2.30. The molecule has 0 unspecified atom stereocenters. The summed E-state index contributed by atoms with van der Waals surface area (Å²) in [5.41, 5.74) is -1.21. The van der Waals surface area contributed by atoms with E-state index >= 15 is 0 Å². The number of ether oxygens (including phenoxy) is 1. The monoisotopic (exact) mass is 485 g/mol. The zero-order valence-electron chi connectivity index (χ0n) is 19.1. The molecule has 1 aromatic carbocycles. The molecule has 1 atom stereocenters. The number of sulfonamides is 1. The number of halogens is 1. The molecule has 3 N–H and O–H groups in total. The average molecular weight is 486 g/mol. The summed E-state index contributed by atoms with van der Waals surface area (Å²) in [4.78, 5) is 24.2. The summed E-state index contributed by atoms with van der Waals surface area (Å²) < 4.78 is 46.7. The van der Waals surface area contributed by atoms with Crippen molar-refractivity contribution in [1.82, 2.24) is 14.9 Å². The van der Waals surface area contributed by atoms with Gasteiger partial charge in [0.2, 0.25) is 15.9 Å². The number of nitrogens with zero attached hydrogens (tertiary/aromatic N) is 1. The Hall–Kier alpha value is -2.50. The Kier molecular flexibility index (Phi) is 9.38. The van der Waals surface area contributed by atoms with E-state index in [1.165, 1.54) is 35.3 Å². The summed E-state index contributed by atoms with van der Waals surface area (Å²) in [6, 6.07) is 3.47. The molecule has 9 nitrogen and oxygen atoms in total. The minimum absolute atomic E-state index is 0.00214. The van der Waals surface area contributed by atoms with Gasteiger partial charge in [0.05, 0.1) is 12.4 Å². The first kappa shape index (κ1) is 26.7. The normalized spacial score (nSPS) is 16.8. The summed E-state index contributed by atoms with van der Waals surface area (Å²) >= 11 is 0. The predicted molar refractivity (Wildman–Crippen MR) is 122 cm³/mol. The van der Waals surface area contributed by atoms with Gasteiger partial charge in [0.25, 0.3) is 0 Å². The molecule has 1 aliphatic heterocycles. The van der Waals surface area contributed by atoms with Gasteiger partial charge in [0, 0.05) is 26.1 Å². The fraction of sp³-hybridized carbons (Fsp3) is 0.545. The van der Waals surface area contributed by atoms with Crippen LogP contribution in [-0.4, -0.2) is 62.4 Å². The van der Waals surface area contributed by atoms with Crippen LogP contribution in [0.5, 0.6) is 5.75 Å². The van der Waals surface area contributed by atoms with Crippen LogP contribution < -0.4 is 14.8 Å². The van der Waals surface area contributed by atoms with Crippen molar-refractivity contribution in [3.05, 3.63) is 41.7 Å². The van der Waals surface area contributed by atoms with Crippen molar-refractivity contribution in [1.29, 1.82) is 0 Å². The van der Waals surface area contributed by atoms with E-state index in [1.807, 2.05) is 13.8 Å². The molecule has 11 heteroatoms. The van der Waals surface area contributed by atoms with Crippen molar-refractivity contribution in [3.8, 4) is 5.75 Å². The van der Waals surface area contributed by atoms with Crippen LogP contribution in [0.15, 0.2) is 30.4 Å². The zero-order chi connectivity index (χ0) is 24.6. The third-order valence-corrected chi connectivity index (χ3v) is 6.38. The first-order chi connectivity index (χ1) is 15.5. The van der Waals surface area contributed by atoms with Crippen molar-refractivity contribution in [2.45, 2.75) is 39.2 Å². The Morgan fingerprint density at radius 2 is 2.06 bits per heavy atom. The van der Waals surface area contributed by atoms with Crippen molar-refractivity contribution < 1.29 is 32.2 Å². The number of hydrogen-bond acceptors (Lipinski definition) is 6. The second-order valence-electron chi connectivity index (χ2n) is 8.36. The van der Waals surface area contributed by atoms with E-state index in [1.54, 1.807) is 6.92 Å². The Labute approximate surface area is 194 Å². The van der Waals surface area contributed by atoms with Gasteiger partial charge in [-0.05, 0) is 30.0 Å². The van der Waals surface area contributed by atoms with Gasteiger partial charge in [0.15, 0.2) is 11.6 Å². The molecule has 1 aliphatic rings. The standard InChI is InChI=1S/C22H32FN3O6S/c1-4-22(29,17-7-8-18(23)19(13-17)32-14-16(2)3)15-24-33(30,31)12-6-5-10-26-11-9-20(27)25-21(26)28/h5-8,13,16,24,29H,4,9-12,14-15H2,1-3H3,(H,25,27,28)/b6-5+/t22-/m1/s1. The van der Waals surface area contributed by atoms with Crippen LogP contribution in [0, 0.1) is 11.7 Å². The molecule has 0 radical (unpaired) electrons. The number of benzene rings is 1. The highest BCUT2D eigenvalue weighted by atomic mass is 32.2. The second-order valence-corrected chi connectivity index (χ2v) is 10.2. The molecular formula is C22H32FN3O6S. The van der Waals surface area contributed by atoms with Crippen LogP contribution in [0.2, 0.25) is 0 Å². The fourth-order valence-electron chi connectivity index (χ4n) is 3.05. The van der Waals surface area contributed by atoms with Crippen LogP contribution in [0.3, 0.4) is 0 Å². The third kappa shape index (κ3) is 8.09. The maximum atomic E-state index is 14.1. The minimum Gasteiger partial charge on any atom is -0.490 e. The van der Waals surface area contributed by atoms with E-state index in [0.29, 0.717) is 12.2 Å². The molecule has 184 valence electrons. The van der Waals surface area contributed by atoms with Crippen LogP contribution in [0.4, 0.5) is 9.18 Å². The summed E-state index contributed by atoms with van der Waals surface area (Å²) in [5.74, 6) is -1.06. The molecule has 33 heavy (non-hydrogen) atoms. The summed E-state index contributed by atoms with van der Waals surface area (Å²) in [6.45, 7) is 5.99. The van der Waals surface area contributed by atoms with Crippen LogP contribution in [0.25, 0.3) is 0 Å². The second kappa shape index (κ2) is 11.6. The molecular weight excluding hydrogens is 453 g/mol. The van der Waals surface area contributed by atoms with E-state index in [-0.39, 0.29) is 55.8 Å². The number of carbonyl (C=O) groups excluding carboxylic acids is 2. The number of imide groups is 1. The smallest absolute Gasteiger partial charge is 0.324 e. The SMILES string of the molecule is CC[C@@](O)(CNS(=O)(=O)C/C=C/CN1CCC(=O)NC1=O)c1ccc(F)c(OCC(C)C)c1. The molecule has 0 saturated carbocycles. The van der Waals surface area contributed by atoms with E-state index < -0.39 is 27.5 Å². The fourth-order valence-corrected chi connectivity index (χ4v) is 4.01. The largest absolute Gasteiger partial charge is 0.490 e. The number of rotatable bonds is 12. The van der Waals surface area contributed by atoms with Crippen molar-refractivity contribution in [2.75, 3.05) is 32.0 Å². The number of carbonyl (C=O) groups is 2. The summed E-state index contributed by atoms with van der Waals surface area (Å²) in [5, 5.41) is 13.2. The highest BCUT2D eigenvalue weighted by molar-refractivity contribution is 7.89. The molecule has 2 rings (SSSR count). The molecule has 1 aromatic rings. The first-order valence-corrected chi connectivity index (χ1v) is 12.5. The minimum atomic E-state index is -3.77. The molecule has 1 saturated heterocycles. The maximum Gasteiger partial charge on any atom is 0.324 e.